The highest BCUT2D eigenvalue weighted by atomic mass is 16.3. The highest BCUT2D eigenvalue weighted by Crippen LogP contribution is 2.30. The largest absolute Gasteiger partial charge is 0.508 e. The summed E-state index contributed by atoms with van der Waals surface area (Å²) in [5.41, 5.74) is 1.54. The molecule has 1 aromatic carbocycles. The van der Waals surface area contributed by atoms with E-state index in [0.29, 0.717) is 5.75 Å². The van der Waals surface area contributed by atoms with E-state index in [4.69, 9.17) is 4.79 Å². The molecule has 0 amide bonds. The Morgan fingerprint density at radius 1 is 1.12 bits per heavy atom. The second-order valence-corrected chi connectivity index (χ2v) is 4.89. The van der Waals surface area contributed by atoms with Crippen LogP contribution in [0.25, 0.3) is 0 Å². The molecule has 0 saturated carbocycles. The molecule has 0 aliphatic heterocycles. The number of hydrogen-bond acceptors (Lipinski definition) is 2. The van der Waals surface area contributed by atoms with Crippen LogP contribution in [0.3, 0.4) is 0 Å². The number of carbonyl (C=O) groups excluding carboxylic acids is 1. The van der Waals surface area contributed by atoms with Crippen LogP contribution in [0.4, 0.5) is 0 Å². The van der Waals surface area contributed by atoms with Crippen molar-refractivity contribution < 1.29 is 9.90 Å². The molecule has 0 aliphatic carbocycles. The van der Waals surface area contributed by atoms with Crippen molar-refractivity contribution in [2.75, 3.05) is 0 Å². The fourth-order valence-corrected chi connectivity index (χ4v) is 1.87. The molecule has 0 saturated heterocycles. The first-order valence-corrected chi connectivity index (χ1v) is 6.14. The van der Waals surface area contributed by atoms with Gasteiger partial charge in [0.2, 0.25) is 0 Å². The summed E-state index contributed by atoms with van der Waals surface area (Å²) in [4.78, 5) is 8.00. The Morgan fingerprint density at radius 2 is 1.65 bits per heavy atom. The van der Waals surface area contributed by atoms with Gasteiger partial charge in [-0.2, -0.15) is 0 Å². The van der Waals surface area contributed by atoms with Crippen LogP contribution in [0, 0.1) is 0 Å². The zero-order valence-electron chi connectivity index (χ0n) is 11.2. The van der Waals surface area contributed by atoms with Gasteiger partial charge in [0, 0.05) is 0 Å². The lowest BCUT2D eigenvalue weighted by Gasteiger charge is -2.25. The van der Waals surface area contributed by atoms with Gasteiger partial charge < -0.3 is 9.90 Å². The Balaban J connectivity index is 0.00000121. The molecule has 2 heteroatoms. The molecule has 0 atom stereocenters. The molecular formula is C15H24O2. The van der Waals surface area contributed by atoms with Crippen molar-refractivity contribution in [3.63, 3.8) is 0 Å². The van der Waals surface area contributed by atoms with Gasteiger partial charge in [-0.25, -0.2) is 0 Å². The van der Waals surface area contributed by atoms with Gasteiger partial charge in [0.25, 0.3) is 0 Å². The molecule has 96 valence electrons. The maximum Gasteiger partial charge on any atom is 0.115 e. The summed E-state index contributed by atoms with van der Waals surface area (Å²) in [7, 11) is 0. The van der Waals surface area contributed by atoms with Gasteiger partial charge in [0.05, 0.1) is 0 Å². The summed E-state index contributed by atoms with van der Waals surface area (Å²) >= 11 is 0. The van der Waals surface area contributed by atoms with E-state index in [-0.39, 0.29) is 5.41 Å². The van der Waals surface area contributed by atoms with Crippen molar-refractivity contribution in [2.24, 2.45) is 0 Å². The fourth-order valence-electron chi connectivity index (χ4n) is 1.87. The third-order valence-electron chi connectivity index (χ3n) is 3.05. The average molecular weight is 236 g/mol. The molecule has 0 aliphatic rings. The number of phenolic OH excluding ortho intramolecular Hbond substituents is 1. The van der Waals surface area contributed by atoms with E-state index in [1.165, 1.54) is 31.2 Å². The number of aromatic hydroxyl groups is 1. The van der Waals surface area contributed by atoms with Crippen LogP contribution < -0.4 is 0 Å². The fraction of sp³-hybridized carbons (Fsp3) is 0.533. The van der Waals surface area contributed by atoms with Crippen LogP contribution in [0.1, 0.15) is 52.0 Å². The van der Waals surface area contributed by atoms with Crippen molar-refractivity contribution in [1.82, 2.24) is 0 Å². The molecule has 0 fully saturated rings. The Kier molecular flexibility index (Phi) is 7.27. The monoisotopic (exact) mass is 236 g/mol. The zero-order valence-corrected chi connectivity index (χ0v) is 11.2. The minimum absolute atomic E-state index is 0.225. The molecule has 0 spiro atoms. The maximum atomic E-state index is 9.24. The minimum atomic E-state index is 0.225. The SMILES string of the molecule is C=O.CCCCCC(C)(C)c1ccc(O)cc1. The van der Waals surface area contributed by atoms with Gasteiger partial charge in [0.15, 0.2) is 0 Å². The Morgan fingerprint density at radius 3 is 2.12 bits per heavy atom. The minimum Gasteiger partial charge on any atom is -0.508 e. The predicted octanol–water partition coefficient (Wildman–Crippen LogP) is 4.07. The van der Waals surface area contributed by atoms with Gasteiger partial charge >= 0.3 is 0 Å². The van der Waals surface area contributed by atoms with E-state index in [0.717, 1.165) is 0 Å². The Hall–Kier alpha value is -1.31. The highest BCUT2D eigenvalue weighted by molar-refractivity contribution is 5.30. The van der Waals surface area contributed by atoms with Gasteiger partial charge in [-0.1, -0.05) is 52.2 Å². The topological polar surface area (TPSA) is 37.3 Å². The van der Waals surface area contributed by atoms with Crippen LogP contribution in [0.5, 0.6) is 5.75 Å². The van der Waals surface area contributed by atoms with Crippen molar-refractivity contribution in [3.05, 3.63) is 29.8 Å². The van der Waals surface area contributed by atoms with E-state index >= 15 is 0 Å². The number of benzene rings is 1. The highest BCUT2D eigenvalue weighted by Gasteiger charge is 2.19. The van der Waals surface area contributed by atoms with Crippen molar-refractivity contribution >= 4 is 6.79 Å². The lowest BCUT2D eigenvalue weighted by atomic mass is 9.80. The standard InChI is InChI=1S/C14H22O.CH2O/c1-4-5-6-11-14(2,3)12-7-9-13(15)10-8-12;1-2/h7-10,15H,4-6,11H2,1-3H3;1H2. The lowest BCUT2D eigenvalue weighted by Crippen LogP contribution is -2.16. The van der Waals surface area contributed by atoms with Crippen LogP contribution in [-0.2, 0) is 10.2 Å². The molecule has 0 unspecified atom stereocenters. The van der Waals surface area contributed by atoms with E-state index in [2.05, 4.69) is 20.8 Å². The number of carbonyl (C=O) groups is 1. The molecular weight excluding hydrogens is 212 g/mol. The smallest absolute Gasteiger partial charge is 0.115 e. The zero-order chi connectivity index (χ0) is 13.3. The molecule has 0 aromatic heterocycles. The first kappa shape index (κ1) is 15.7. The van der Waals surface area contributed by atoms with E-state index in [1.54, 1.807) is 12.1 Å². The number of unbranched alkanes of at least 4 members (excludes halogenated alkanes) is 2. The van der Waals surface area contributed by atoms with Gasteiger partial charge in [0.1, 0.15) is 12.5 Å². The summed E-state index contributed by atoms with van der Waals surface area (Å²) in [6, 6.07) is 7.61. The van der Waals surface area contributed by atoms with Crippen molar-refractivity contribution in [2.45, 2.75) is 51.9 Å². The molecule has 0 heterocycles. The van der Waals surface area contributed by atoms with E-state index in [9.17, 15) is 5.11 Å². The van der Waals surface area contributed by atoms with Crippen LogP contribution in [0.2, 0.25) is 0 Å². The molecule has 0 radical (unpaired) electrons. The number of rotatable bonds is 5. The summed E-state index contributed by atoms with van der Waals surface area (Å²) in [5.74, 6) is 0.350. The predicted molar refractivity (Wildman–Crippen MR) is 72.4 cm³/mol. The Bertz CT molecular complexity index is 301. The Labute approximate surface area is 105 Å². The van der Waals surface area contributed by atoms with Crippen LogP contribution >= 0.6 is 0 Å². The number of hydrogen-bond donors (Lipinski definition) is 1. The maximum absolute atomic E-state index is 9.24. The number of phenols is 1. The summed E-state index contributed by atoms with van der Waals surface area (Å²) in [6.07, 6.45) is 5.07. The molecule has 17 heavy (non-hydrogen) atoms. The lowest BCUT2D eigenvalue weighted by molar-refractivity contribution is -0.0979. The first-order chi connectivity index (χ1) is 8.06. The van der Waals surface area contributed by atoms with Crippen molar-refractivity contribution in [1.29, 1.82) is 0 Å². The third kappa shape index (κ3) is 5.53. The first-order valence-electron chi connectivity index (χ1n) is 6.14. The summed E-state index contributed by atoms with van der Waals surface area (Å²) in [6.45, 7) is 8.78. The molecule has 1 N–H and O–H groups in total. The molecule has 0 bridgehead atoms. The van der Waals surface area contributed by atoms with E-state index < -0.39 is 0 Å². The average Bonchev–Trinajstić information content (AvgIpc) is 2.32. The quantitative estimate of drug-likeness (QED) is 0.783. The molecule has 1 aromatic rings. The van der Waals surface area contributed by atoms with Crippen LogP contribution in [-0.4, -0.2) is 11.9 Å². The van der Waals surface area contributed by atoms with Gasteiger partial charge in [-0.05, 0) is 29.5 Å². The third-order valence-corrected chi connectivity index (χ3v) is 3.05. The van der Waals surface area contributed by atoms with Crippen molar-refractivity contribution in [3.8, 4) is 5.75 Å². The second-order valence-electron chi connectivity index (χ2n) is 4.89. The van der Waals surface area contributed by atoms with E-state index in [1.807, 2.05) is 18.9 Å². The molecule has 1 rings (SSSR count). The van der Waals surface area contributed by atoms with Crippen LogP contribution in [0.15, 0.2) is 24.3 Å². The second kappa shape index (κ2) is 7.88. The summed E-state index contributed by atoms with van der Waals surface area (Å²) < 4.78 is 0. The summed E-state index contributed by atoms with van der Waals surface area (Å²) in [5, 5.41) is 9.24. The van der Waals surface area contributed by atoms with Gasteiger partial charge in [-0.15, -0.1) is 0 Å². The van der Waals surface area contributed by atoms with Gasteiger partial charge in [-0.3, -0.25) is 0 Å². The molecule has 2 nitrogen and oxygen atoms in total. The normalized spacial score (nSPS) is 10.5.